The van der Waals surface area contributed by atoms with Gasteiger partial charge in [-0.15, -0.1) is 0 Å². The molecule has 2 aromatic heterocycles. The van der Waals surface area contributed by atoms with Gasteiger partial charge >= 0.3 is 0 Å². The Morgan fingerprint density at radius 1 is 1.41 bits per heavy atom. The van der Waals surface area contributed by atoms with E-state index in [0.717, 1.165) is 17.9 Å². The van der Waals surface area contributed by atoms with Gasteiger partial charge in [-0.1, -0.05) is 0 Å². The van der Waals surface area contributed by atoms with Gasteiger partial charge in [-0.25, -0.2) is 0 Å². The third-order valence-electron chi connectivity index (χ3n) is 2.59. The summed E-state index contributed by atoms with van der Waals surface area (Å²) in [6.07, 6.45) is 4.28. The Morgan fingerprint density at radius 3 is 2.88 bits per heavy atom. The number of aromatic nitrogens is 1. The van der Waals surface area contributed by atoms with Gasteiger partial charge in [0, 0.05) is 31.8 Å². The van der Waals surface area contributed by atoms with Crippen molar-refractivity contribution in [3.63, 3.8) is 0 Å². The second-order valence-corrected chi connectivity index (χ2v) is 4.20. The molecule has 0 saturated carbocycles. The minimum atomic E-state index is -0.00534. The zero-order valence-corrected chi connectivity index (χ0v) is 10.0. The van der Waals surface area contributed by atoms with E-state index in [1.807, 2.05) is 12.1 Å². The Morgan fingerprint density at radius 2 is 2.24 bits per heavy atom. The van der Waals surface area contributed by atoms with Gasteiger partial charge in [0.2, 0.25) is 5.56 Å². The van der Waals surface area contributed by atoms with Gasteiger partial charge in [-0.05, 0) is 25.1 Å². The quantitative estimate of drug-likeness (QED) is 0.877. The number of aryl methyl sites for hydroxylation is 1. The molecule has 0 radical (unpaired) electrons. The van der Waals surface area contributed by atoms with Crippen molar-refractivity contribution in [2.45, 2.75) is 19.4 Å². The predicted molar refractivity (Wildman–Crippen MR) is 67.2 cm³/mol. The van der Waals surface area contributed by atoms with Crippen LogP contribution in [-0.2, 0) is 13.5 Å². The molecule has 0 bridgehead atoms. The first kappa shape index (κ1) is 11.5. The van der Waals surface area contributed by atoms with Crippen LogP contribution in [-0.4, -0.2) is 10.6 Å². The van der Waals surface area contributed by atoms with Gasteiger partial charge in [0.15, 0.2) is 0 Å². The monoisotopic (exact) mass is 232 g/mol. The zero-order chi connectivity index (χ0) is 12.3. The number of hydrogen-bond donors (Lipinski definition) is 1. The van der Waals surface area contributed by atoms with Crippen molar-refractivity contribution >= 4 is 5.69 Å². The van der Waals surface area contributed by atoms with E-state index in [1.165, 1.54) is 0 Å². The lowest BCUT2D eigenvalue weighted by Gasteiger charge is -2.14. The first-order valence-corrected chi connectivity index (χ1v) is 5.61. The first-order chi connectivity index (χ1) is 8.15. The highest BCUT2D eigenvalue weighted by atomic mass is 16.3. The van der Waals surface area contributed by atoms with Crippen LogP contribution in [0.25, 0.3) is 0 Å². The standard InChI is InChI=1S/C13H16N2O2/c1-10(8-12-4-3-7-17-12)14-11-5-6-13(16)15(2)9-11/h3-7,9-10,14H,8H2,1-2H3. The average molecular weight is 232 g/mol. The average Bonchev–Trinajstić information content (AvgIpc) is 2.76. The number of hydrogen-bond acceptors (Lipinski definition) is 3. The Balaban J connectivity index is 2.00. The van der Waals surface area contributed by atoms with Crippen molar-refractivity contribution in [2.24, 2.45) is 7.05 Å². The molecule has 2 heterocycles. The molecular formula is C13H16N2O2. The molecule has 1 N–H and O–H groups in total. The molecule has 4 heteroatoms. The van der Waals surface area contributed by atoms with E-state index in [9.17, 15) is 4.79 Å². The maximum atomic E-state index is 11.2. The summed E-state index contributed by atoms with van der Waals surface area (Å²) in [4.78, 5) is 11.2. The number of nitrogens with zero attached hydrogens (tertiary/aromatic N) is 1. The maximum absolute atomic E-state index is 11.2. The molecule has 1 atom stereocenters. The number of furan rings is 1. The zero-order valence-electron chi connectivity index (χ0n) is 10.0. The molecule has 1 unspecified atom stereocenters. The maximum Gasteiger partial charge on any atom is 0.250 e. The van der Waals surface area contributed by atoms with Crippen molar-refractivity contribution in [3.05, 3.63) is 52.8 Å². The summed E-state index contributed by atoms with van der Waals surface area (Å²) in [7, 11) is 1.74. The van der Waals surface area contributed by atoms with Crippen molar-refractivity contribution < 1.29 is 4.42 Å². The Bertz CT molecular complexity index is 529. The molecule has 4 nitrogen and oxygen atoms in total. The summed E-state index contributed by atoms with van der Waals surface area (Å²) in [5, 5.41) is 3.33. The second kappa shape index (κ2) is 4.91. The van der Waals surface area contributed by atoms with E-state index >= 15 is 0 Å². The minimum absolute atomic E-state index is 0.00534. The van der Waals surface area contributed by atoms with Gasteiger partial charge in [0.25, 0.3) is 0 Å². The molecule has 0 aromatic carbocycles. The molecule has 0 fully saturated rings. The van der Waals surface area contributed by atoms with Crippen molar-refractivity contribution in [1.29, 1.82) is 0 Å². The lowest BCUT2D eigenvalue weighted by Crippen LogP contribution is -2.20. The van der Waals surface area contributed by atoms with Gasteiger partial charge in [-0.2, -0.15) is 0 Å². The largest absolute Gasteiger partial charge is 0.469 e. The van der Waals surface area contributed by atoms with Crippen LogP contribution in [0, 0.1) is 0 Å². The van der Waals surface area contributed by atoms with Crippen LogP contribution in [0.1, 0.15) is 12.7 Å². The molecule has 17 heavy (non-hydrogen) atoms. The summed E-state index contributed by atoms with van der Waals surface area (Å²) in [5.74, 6) is 0.954. The minimum Gasteiger partial charge on any atom is -0.469 e. The fraction of sp³-hybridized carbons (Fsp3) is 0.308. The number of nitrogens with one attached hydrogen (secondary N) is 1. The van der Waals surface area contributed by atoms with E-state index in [0.29, 0.717) is 0 Å². The summed E-state index contributed by atoms with van der Waals surface area (Å²) < 4.78 is 6.85. The van der Waals surface area contributed by atoms with Crippen LogP contribution in [0.3, 0.4) is 0 Å². The molecule has 0 saturated heterocycles. The predicted octanol–water partition coefficient (Wildman–Crippen LogP) is 2.02. The Labute approximate surface area is 99.9 Å². The van der Waals surface area contributed by atoms with E-state index in [4.69, 9.17) is 4.42 Å². The van der Waals surface area contributed by atoms with E-state index < -0.39 is 0 Å². The second-order valence-electron chi connectivity index (χ2n) is 4.20. The van der Waals surface area contributed by atoms with E-state index in [1.54, 1.807) is 36.2 Å². The number of pyridine rings is 1. The van der Waals surface area contributed by atoms with Crippen molar-refractivity contribution in [2.75, 3.05) is 5.32 Å². The molecule has 0 aliphatic rings. The van der Waals surface area contributed by atoms with Gasteiger partial charge < -0.3 is 14.3 Å². The number of anilines is 1. The third-order valence-corrected chi connectivity index (χ3v) is 2.59. The molecule has 0 amide bonds. The van der Waals surface area contributed by atoms with Crippen LogP contribution in [0.4, 0.5) is 5.69 Å². The first-order valence-electron chi connectivity index (χ1n) is 5.61. The van der Waals surface area contributed by atoms with Crippen LogP contribution in [0.2, 0.25) is 0 Å². The number of rotatable bonds is 4. The normalized spacial score (nSPS) is 12.4. The molecule has 0 aliphatic heterocycles. The Hall–Kier alpha value is -1.97. The van der Waals surface area contributed by atoms with E-state index in [-0.39, 0.29) is 11.6 Å². The highest BCUT2D eigenvalue weighted by Crippen LogP contribution is 2.09. The molecule has 2 rings (SSSR count). The van der Waals surface area contributed by atoms with Crippen LogP contribution < -0.4 is 10.9 Å². The fourth-order valence-corrected chi connectivity index (χ4v) is 1.75. The topological polar surface area (TPSA) is 47.2 Å². The Kier molecular flexibility index (Phi) is 3.32. The van der Waals surface area contributed by atoms with Gasteiger partial charge in [-0.3, -0.25) is 4.79 Å². The van der Waals surface area contributed by atoms with Crippen LogP contribution >= 0.6 is 0 Å². The summed E-state index contributed by atoms with van der Waals surface area (Å²) in [5.41, 5.74) is 0.931. The highest BCUT2D eigenvalue weighted by molar-refractivity contribution is 5.41. The van der Waals surface area contributed by atoms with Gasteiger partial charge in [0.1, 0.15) is 5.76 Å². The molecule has 0 aliphatic carbocycles. The van der Waals surface area contributed by atoms with Crippen LogP contribution in [0.15, 0.2) is 45.9 Å². The summed E-state index contributed by atoms with van der Waals surface area (Å²) in [6, 6.07) is 7.44. The lowest BCUT2D eigenvalue weighted by molar-refractivity contribution is 0.497. The molecule has 0 spiro atoms. The molecular weight excluding hydrogens is 216 g/mol. The lowest BCUT2D eigenvalue weighted by atomic mass is 10.2. The van der Waals surface area contributed by atoms with Crippen LogP contribution in [0.5, 0.6) is 0 Å². The molecule has 2 aromatic rings. The van der Waals surface area contributed by atoms with E-state index in [2.05, 4.69) is 12.2 Å². The SMILES string of the molecule is CC(Cc1ccco1)Nc1ccc(=O)n(C)c1. The molecule has 90 valence electrons. The van der Waals surface area contributed by atoms with Gasteiger partial charge in [0.05, 0.1) is 12.0 Å². The fourth-order valence-electron chi connectivity index (χ4n) is 1.75. The smallest absolute Gasteiger partial charge is 0.250 e. The summed E-state index contributed by atoms with van der Waals surface area (Å²) >= 11 is 0. The summed E-state index contributed by atoms with van der Waals surface area (Å²) in [6.45, 7) is 2.08. The third kappa shape index (κ3) is 3.00. The highest BCUT2D eigenvalue weighted by Gasteiger charge is 2.05. The van der Waals surface area contributed by atoms with Crippen molar-refractivity contribution in [1.82, 2.24) is 4.57 Å². The van der Waals surface area contributed by atoms with Crippen molar-refractivity contribution in [3.8, 4) is 0 Å².